The first-order valence-corrected chi connectivity index (χ1v) is 13.1. The van der Waals surface area contributed by atoms with Crippen LogP contribution in [0.2, 0.25) is 5.02 Å². The summed E-state index contributed by atoms with van der Waals surface area (Å²) in [6.07, 6.45) is 5.14. The summed E-state index contributed by atoms with van der Waals surface area (Å²) in [6.45, 7) is 2.70. The second-order valence-corrected chi connectivity index (χ2v) is 10.0. The van der Waals surface area contributed by atoms with Crippen LogP contribution < -0.4 is 9.64 Å². The highest BCUT2D eigenvalue weighted by Crippen LogP contribution is 2.46. The second kappa shape index (κ2) is 9.76. The predicted molar refractivity (Wildman–Crippen MR) is 125 cm³/mol. The average molecular weight is 549 g/mol. The number of hydrogen-bond acceptors (Lipinski definition) is 8. The van der Waals surface area contributed by atoms with Crippen LogP contribution in [0.15, 0.2) is 9.63 Å². The van der Waals surface area contributed by atoms with Crippen molar-refractivity contribution in [1.29, 1.82) is 0 Å². The van der Waals surface area contributed by atoms with Gasteiger partial charge >= 0.3 is 0 Å². The van der Waals surface area contributed by atoms with Crippen LogP contribution in [0, 0.1) is 5.82 Å². The number of thioether (sulfide) groups is 1. The summed E-state index contributed by atoms with van der Waals surface area (Å²) in [5.74, 6) is 0.429. The Morgan fingerprint density at radius 2 is 2.09 bits per heavy atom. The molecule has 4 heterocycles. The molecule has 3 unspecified atom stereocenters. The molecule has 11 heteroatoms. The Bertz CT molecular complexity index is 1010. The van der Waals surface area contributed by atoms with Crippen LogP contribution in [-0.4, -0.2) is 67.6 Å². The van der Waals surface area contributed by atoms with E-state index in [0.717, 1.165) is 25.7 Å². The minimum Gasteiger partial charge on any atom is -0.488 e. The first kappa shape index (κ1) is 22.9. The van der Waals surface area contributed by atoms with Gasteiger partial charge in [0.05, 0.1) is 22.5 Å². The summed E-state index contributed by atoms with van der Waals surface area (Å²) < 4.78 is 39.3. The fourth-order valence-electron chi connectivity index (χ4n) is 4.38. The molecule has 2 fully saturated rings. The number of anilines is 1. The molecule has 0 N–H and O–H groups in total. The number of ether oxygens (including phenoxy) is 4. The SMILES string of the molecule is CSc1nc2c3c(c(Cl)c(Br)c(F)c3n1)OCC(OC1CCCCO1)CN2C1CCOC1. The van der Waals surface area contributed by atoms with E-state index < -0.39 is 5.82 Å². The van der Waals surface area contributed by atoms with Gasteiger partial charge in [0.25, 0.3) is 0 Å². The first-order valence-electron chi connectivity index (χ1n) is 10.7. The van der Waals surface area contributed by atoms with E-state index in [9.17, 15) is 0 Å². The van der Waals surface area contributed by atoms with E-state index >= 15 is 4.39 Å². The standard InChI is InChI=1S/C21H24BrClFN3O4S/c1-32-21-25-18-14-19(16(23)15(22)17(18)24)30-10-12(31-13-4-2-3-6-29-13)8-27(20(14)26-21)11-5-7-28-9-11/h11-13H,2-10H2,1H3. The molecule has 3 aliphatic heterocycles. The number of hydrogen-bond donors (Lipinski definition) is 0. The van der Waals surface area contributed by atoms with Crippen LogP contribution in [0.3, 0.4) is 0 Å². The largest absolute Gasteiger partial charge is 0.488 e. The Morgan fingerprint density at radius 1 is 1.22 bits per heavy atom. The summed E-state index contributed by atoms with van der Waals surface area (Å²) in [7, 11) is 0. The van der Waals surface area contributed by atoms with Crippen LogP contribution in [0.25, 0.3) is 10.9 Å². The van der Waals surface area contributed by atoms with Crippen LogP contribution >= 0.6 is 39.3 Å². The molecule has 0 spiro atoms. The third kappa shape index (κ3) is 4.30. The molecule has 5 rings (SSSR count). The van der Waals surface area contributed by atoms with Crippen molar-refractivity contribution in [3.05, 3.63) is 15.3 Å². The van der Waals surface area contributed by atoms with E-state index in [1.54, 1.807) is 0 Å². The quantitative estimate of drug-likeness (QED) is 0.307. The molecule has 32 heavy (non-hydrogen) atoms. The van der Waals surface area contributed by atoms with Gasteiger partial charge in [0.1, 0.15) is 29.1 Å². The summed E-state index contributed by atoms with van der Waals surface area (Å²) in [6, 6.07) is 0.0811. The maximum atomic E-state index is 15.2. The van der Waals surface area contributed by atoms with Gasteiger partial charge in [-0.1, -0.05) is 23.4 Å². The normalized spacial score (nSPS) is 26.1. The summed E-state index contributed by atoms with van der Waals surface area (Å²) in [4.78, 5) is 11.4. The molecule has 174 valence electrons. The highest BCUT2D eigenvalue weighted by molar-refractivity contribution is 9.10. The second-order valence-electron chi connectivity index (χ2n) is 8.06. The number of rotatable bonds is 4. The fraction of sp³-hybridized carbons (Fsp3) is 0.619. The van der Waals surface area contributed by atoms with Gasteiger partial charge in [-0.3, -0.25) is 0 Å². The third-order valence-electron chi connectivity index (χ3n) is 5.99. The van der Waals surface area contributed by atoms with Crippen LogP contribution in [0.1, 0.15) is 25.7 Å². The highest BCUT2D eigenvalue weighted by Gasteiger charge is 2.35. The van der Waals surface area contributed by atoms with E-state index in [1.807, 2.05) is 6.26 Å². The number of aromatic nitrogens is 2. The van der Waals surface area contributed by atoms with Gasteiger partial charge in [-0.2, -0.15) is 0 Å². The van der Waals surface area contributed by atoms with Crippen molar-refractivity contribution in [2.24, 2.45) is 0 Å². The lowest BCUT2D eigenvalue weighted by molar-refractivity contribution is -0.191. The van der Waals surface area contributed by atoms with Crippen molar-refractivity contribution in [3.63, 3.8) is 0 Å². The molecular weight excluding hydrogens is 525 g/mol. The van der Waals surface area contributed by atoms with Crippen LogP contribution in [-0.2, 0) is 14.2 Å². The van der Waals surface area contributed by atoms with Gasteiger partial charge in [-0.15, -0.1) is 0 Å². The van der Waals surface area contributed by atoms with E-state index in [-0.39, 0.29) is 40.1 Å². The van der Waals surface area contributed by atoms with Crippen molar-refractivity contribution >= 4 is 56.0 Å². The van der Waals surface area contributed by atoms with Gasteiger partial charge in [-0.25, -0.2) is 14.4 Å². The molecule has 0 aliphatic carbocycles. The van der Waals surface area contributed by atoms with E-state index in [4.69, 9.17) is 35.5 Å². The van der Waals surface area contributed by atoms with Crippen molar-refractivity contribution in [3.8, 4) is 5.75 Å². The van der Waals surface area contributed by atoms with Gasteiger partial charge in [0, 0.05) is 19.8 Å². The predicted octanol–water partition coefficient (Wildman–Crippen LogP) is 4.81. The zero-order valence-electron chi connectivity index (χ0n) is 17.6. The lowest BCUT2D eigenvalue weighted by atomic mass is 10.1. The zero-order chi connectivity index (χ0) is 22.2. The van der Waals surface area contributed by atoms with Gasteiger partial charge in [0.15, 0.2) is 23.0 Å². The molecular formula is C21H24BrClFN3O4S. The Hall–Kier alpha value is -0.910. The van der Waals surface area contributed by atoms with Gasteiger partial charge < -0.3 is 23.8 Å². The van der Waals surface area contributed by atoms with Gasteiger partial charge in [0.2, 0.25) is 0 Å². The summed E-state index contributed by atoms with van der Waals surface area (Å²) in [5, 5.41) is 1.12. The minimum atomic E-state index is -0.525. The monoisotopic (exact) mass is 547 g/mol. The van der Waals surface area contributed by atoms with Crippen molar-refractivity contribution in [2.45, 2.75) is 49.3 Å². The summed E-state index contributed by atoms with van der Waals surface area (Å²) >= 11 is 11.2. The lowest BCUT2D eigenvalue weighted by Crippen LogP contribution is -2.47. The van der Waals surface area contributed by atoms with Crippen LogP contribution in [0.5, 0.6) is 5.75 Å². The molecule has 2 aromatic rings. The van der Waals surface area contributed by atoms with Crippen molar-refractivity contribution in [1.82, 2.24) is 9.97 Å². The minimum absolute atomic E-state index is 0.0811. The molecule has 3 aliphatic rings. The maximum absolute atomic E-state index is 15.2. The lowest BCUT2D eigenvalue weighted by Gasteiger charge is -2.37. The van der Waals surface area contributed by atoms with E-state index in [1.165, 1.54) is 11.8 Å². The molecule has 7 nitrogen and oxygen atoms in total. The molecule has 1 aromatic carbocycles. The fourth-order valence-corrected chi connectivity index (χ4v) is 5.34. The molecule has 0 radical (unpaired) electrons. The number of benzene rings is 1. The van der Waals surface area contributed by atoms with Crippen molar-refractivity contribution in [2.75, 3.05) is 44.1 Å². The molecule has 0 bridgehead atoms. The zero-order valence-corrected chi connectivity index (χ0v) is 20.8. The van der Waals surface area contributed by atoms with Crippen molar-refractivity contribution < 1.29 is 23.3 Å². The Kier molecular flexibility index (Phi) is 6.97. The number of halogens is 3. The van der Waals surface area contributed by atoms with E-state index in [0.29, 0.717) is 48.5 Å². The smallest absolute Gasteiger partial charge is 0.189 e. The first-order chi connectivity index (χ1) is 15.6. The summed E-state index contributed by atoms with van der Waals surface area (Å²) in [5.41, 5.74) is 0.185. The number of nitrogens with zero attached hydrogens (tertiary/aromatic N) is 3. The molecule has 0 amide bonds. The Balaban J connectivity index is 1.63. The molecule has 2 saturated heterocycles. The van der Waals surface area contributed by atoms with Gasteiger partial charge in [-0.05, 0) is 47.9 Å². The molecule has 0 saturated carbocycles. The molecule has 3 atom stereocenters. The average Bonchev–Trinajstić information content (AvgIpc) is 3.34. The maximum Gasteiger partial charge on any atom is 0.189 e. The Labute approximate surface area is 203 Å². The van der Waals surface area contributed by atoms with E-state index in [2.05, 4.69) is 25.8 Å². The highest BCUT2D eigenvalue weighted by atomic mass is 79.9. The van der Waals surface area contributed by atoms with Crippen LogP contribution in [0.4, 0.5) is 10.2 Å². The Morgan fingerprint density at radius 3 is 2.81 bits per heavy atom. The third-order valence-corrected chi connectivity index (χ3v) is 7.87. The molecule has 1 aromatic heterocycles. The topological polar surface area (TPSA) is 65.9 Å².